The summed E-state index contributed by atoms with van der Waals surface area (Å²) >= 11 is 0. The molecule has 1 amide bonds. The van der Waals surface area contributed by atoms with Crippen LogP contribution in [0.25, 0.3) is 11.4 Å². The summed E-state index contributed by atoms with van der Waals surface area (Å²) in [5.74, 6) is 1.63. The summed E-state index contributed by atoms with van der Waals surface area (Å²) in [7, 11) is 0. The van der Waals surface area contributed by atoms with Gasteiger partial charge in [-0.3, -0.25) is 4.79 Å². The molecule has 0 N–H and O–H groups in total. The number of carbonyl (C=O) groups excluding carboxylic acids is 1. The van der Waals surface area contributed by atoms with Crippen molar-refractivity contribution in [3.63, 3.8) is 0 Å². The topological polar surface area (TPSA) is 59.2 Å². The van der Waals surface area contributed by atoms with Crippen molar-refractivity contribution < 1.29 is 9.32 Å². The second kappa shape index (κ2) is 7.58. The van der Waals surface area contributed by atoms with Crippen molar-refractivity contribution in [2.45, 2.75) is 39.5 Å². The smallest absolute Gasteiger partial charge is 0.254 e. The minimum Gasteiger partial charge on any atom is -0.339 e. The van der Waals surface area contributed by atoms with E-state index in [9.17, 15) is 4.79 Å². The monoisotopic (exact) mass is 375 g/mol. The van der Waals surface area contributed by atoms with E-state index in [2.05, 4.69) is 16.2 Å². The molecule has 0 atom stereocenters. The number of aromatic nitrogens is 2. The van der Waals surface area contributed by atoms with E-state index in [1.807, 2.05) is 62.1 Å². The molecule has 0 spiro atoms. The zero-order chi connectivity index (χ0) is 19.7. The highest BCUT2D eigenvalue weighted by Gasteiger charge is 2.28. The van der Waals surface area contributed by atoms with Crippen molar-refractivity contribution in [2.24, 2.45) is 0 Å². The standard InChI is InChI=1S/C23H25N3O2/c1-15-8-9-20(17(3)14-15)23(27)26-12-10-18(11-13-26)22-24-21(25-28-22)19-7-5-4-6-16(19)2/h4-9,14,18H,10-13H2,1-3H3. The number of carbonyl (C=O) groups is 1. The van der Waals surface area contributed by atoms with E-state index in [0.29, 0.717) is 24.8 Å². The molecule has 0 saturated carbocycles. The maximum Gasteiger partial charge on any atom is 0.254 e. The fraction of sp³-hybridized carbons (Fsp3) is 0.348. The summed E-state index contributed by atoms with van der Waals surface area (Å²) in [5, 5.41) is 4.18. The third-order valence-corrected chi connectivity index (χ3v) is 5.57. The molecule has 0 unspecified atom stereocenters. The molecule has 2 heterocycles. The van der Waals surface area contributed by atoms with Crippen LogP contribution in [-0.4, -0.2) is 34.0 Å². The number of rotatable bonds is 3. The predicted molar refractivity (Wildman–Crippen MR) is 108 cm³/mol. The third kappa shape index (κ3) is 3.57. The van der Waals surface area contributed by atoms with Gasteiger partial charge in [0.05, 0.1) is 0 Å². The SMILES string of the molecule is Cc1ccc(C(=O)N2CCC(c3nc(-c4ccccc4C)no3)CC2)c(C)c1. The molecule has 1 aliphatic rings. The van der Waals surface area contributed by atoms with E-state index >= 15 is 0 Å². The van der Waals surface area contributed by atoms with Gasteiger partial charge in [0.15, 0.2) is 0 Å². The number of benzene rings is 2. The van der Waals surface area contributed by atoms with Crippen LogP contribution in [0.1, 0.15) is 51.7 Å². The number of hydrogen-bond donors (Lipinski definition) is 0. The lowest BCUT2D eigenvalue weighted by atomic mass is 9.95. The quantitative estimate of drug-likeness (QED) is 0.667. The lowest BCUT2D eigenvalue weighted by Gasteiger charge is -2.30. The second-order valence-electron chi connectivity index (χ2n) is 7.66. The summed E-state index contributed by atoms with van der Waals surface area (Å²) in [6.07, 6.45) is 1.68. The minimum atomic E-state index is 0.113. The Morgan fingerprint density at radius 2 is 1.79 bits per heavy atom. The first-order valence-corrected chi connectivity index (χ1v) is 9.79. The molecule has 1 aliphatic heterocycles. The Morgan fingerprint density at radius 1 is 1.04 bits per heavy atom. The summed E-state index contributed by atoms with van der Waals surface area (Å²) < 4.78 is 5.56. The summed E-state index contributed by atoms with van der Waals surface area (Å²) in [6, 6.07) is 14.0. The fourth-order valence-corrected chi connectivity index (χ4v) is 3.89. The van der Waals surface area contributed by atoms with Crippen molar-refractivity contribution in [1.82, 2.24) is 15.0 Å². The zero-order valence-electron chi connectivity index (χ0n) is 16.6. The highest BCUT2D eigenvalue weighted by molar-refractivity contribution is 5.95. The molecule has 1 aromatic heterocycles. The van der Waals surface area contributed by atoms with Crippen molar-refractivity contribution in [3.8, 4) is 11.4 Å². The fourth-order valence-electron chi connectivity index (χ4n) is 3.89. The summed E-state index contributed by atoms with van der Waals surface area (Å²) in [5.41, 5.74) is 5.13. The normalized spacial score (nSPS) is 15.0. The molecule has 5 nitrogen and oxygen atoms in total. The largest absolute Gasteiger partial charge is 0.339 e. The predicted octanol–water partition coefficient (Wildman–Crippen LogP) is 4.68. The Morgan fingerprint density at radius 3 is 2.50 bits per heavy atom. The summed E-state index contributed by atoms with van der Waals surface area (Å²) in [6.45, 7) is 7.50. The summed E-state index contributed by atoms with van der Waals surface area (Å²) in [4.78, 5) is 19.4. The van der Waals surface area contributed by atoms with Gasteiger partial charge in [-0.1, -0.05) is 47.1 Å². The molecule has 0 bridgehead atoms. The van der Waals surface area contributed by atoms with Gasteiger partial charge in [-0.2, -0.15) is 4.98 Å². The molecule has 5 heteroatoms. The van der Waals surface area contributed by atoms with Gasteiger partial charge in [0.25, 0.3) is 5.91 Å². The molecule has 1 saturated heterocycles. The van der Waals surface area contributed by atoms with E-state index in [4.69, 9.17) is 4.52 Å². The van der Waals surface area contributed by atoms with E-state index in [0.717, 1.165) is 35.1 Å². The lowest BCUT2D eigenvalue weighted by molar-refractivity contribution is 0.0704. The van der Waals surface area contributed by atoms with Gasteiger partial charge >= 0.3 is 0 Å². The van der Waals surface area contributed by atoms with Crippen LogP contribution in [0.3, 0.4) is 0 Å². The van der Waals surface area contributed by atoms with Gasteiger partial charge in [-0.05, 0) is 50.8 Å². The van der Waals surface area contributed by atoms with Gasteiger partial charge in [0.2, 0.25) is 11.7 Å². The maximum atomic E-state index is 12.9. The van der Waals surface area contributed by atoms with Crippen LogP contribution in [0.15, 0.2) is 47.0 Å². The van der Waals surface area contributed by atoms with Crippen LogP contribution in [0.4, 0.5) is 0 Å². The molecule has 0 aliphatic carbocycles. The molecule has 0 radical (unpaired) electrons. The first-order valence-electron chi connectivity index (χ1n) is 9.79. The van der Waals surface area contributed by atoms with Crippen LogP contribution in [0, 0.1) is 20.8 Å². The van der Waals surface area contributed by atoms with Crippen molar-refractivity contribution in [3.05, 3.63) is 70.6 Å². The number of likely N-dealkylation sites (tertiary alicyclic amines) is 1. The van der Waals surface area contributed by atoms with Crippen LogP contribution in [0.5, 0.6) is 0 Å². The maximum absolute atomic E-state index is 12.9. The Bertz CT molecular complexity index is 1000. The van der Waals surface area contributed by atoms with E-state index in [1.165, 1.54) is 5.56 Å². The van der Waals surface area contributed by atoms with Crippen molar-refractivity contribution >= 4 is 5.91 Å². The average molecular weight is 375 g/mol. The Labute approximate surface area is 165 Å². The molecule has 2 aromatic carbocycles. The minimum absolute atomic E-state index is 0.113. The van der Waals surface area contributed by atoms with Gasteiger partial charge in [0, 0.05) is 30.1 Å². The van der Waals surface area contributed by atoms with E-state index in [-0.39, 0.29) is 11.8 Å². The molecule has 144 valence electrons. The van der Waals surface area contributed by atoms with Gasteiger partial charge < -0.3 is 9.42 Å². The Kier molecular flexibility index (Phi) is 4.99. The van der Waals surface area contributed by atoms with Crippen LogP contribution in [0.2, 0.25) is 0 Å². The first kappa shape index (κ1) is 18.4. The number of nitrogens with zero attached hydrogens (tertiary/aromatic N) is 3. The van der Waals surface area contributed by atoms with Gasteiger partial charge in [-0.15, -0.1) is 0 Å². The van der Waals surface area contributed by atoms with Crippen LogP contribution >= 0.6 is 0 Å². The van der Waals surface area contributed by atoms with Crippen LogP contribution in [-0.2, 0) is 0 Å². The zero-order valence-corrected chi connectivity index (χ0v) is 16.6. The highest BCUT2D eigenvalue weighted by atomic mass is 16.5. The highest BCUT2D eigenvalue weighted by Crippen LogP contribution is 2.30. The molecule has 28 heavy (non-hydrogen) atoms. The second-order valence-corrected chi connectivity index (χ2v) is 7.66. The number of hydrogen-bond acceptors (Lipinski definition) is 4. The molecule has 1 fully saturated rings. The van der Waals surface area contributed by atoms with E-state index < -0.39 is 0 Å². The van der Waals surface area contributed by atoms with Gasteiger partial charge in [-0.25, -0.2) is 0 Å². The average Bonchev–Trinajstić information content (AvgIpc) is 3.18. The molecular formula is C23H25N3O2. The van der Waals surface area contributed by atoms with Crippen molar-refractivity contribution in [1.29, 1.82) is 0 Å². The van der Waals surface area contributed by atoms with E-state index in [1.54, 1.807) is 0 Å². The number of amides is 1. The Hall–Kier alpha value is -2.95. The molecule has 3 aromatic rings. The molecular weight excluding hydrogens is 350 g/mol. The van der Waals surface area contributed by atoms with Crippen LogP contribution < -0.4 is 0 Å². The first-order chi connectivity index (χ1) is 13.5. The van der Waals surface area contributed by atoms with Gasteiger partial charge in [0.1, 0.15) is 0 Å². The number of aryl methyl sites for hydroxylation is 3. The van der Waals surface area contributed by atoms with Crippen molar-refractivity contribution in [2.75, 3.05) is 13.1 Å². The Balaban J connectivity index is 1.43. The third-order valence-electron chi connectivity index (χ3n) is 5.57. The number of piperidine rings is 1. The molecule has 4 rings (SSSR count). The lowest BCUT2D eigenvalue weighted by Crippen LogP contribution is -2.38.